The van der Waals surface area contributed by atoms with Gasteiger partial charge in [0.25, 0.3) is 0 Å². The summed E-state index contributed by atoms with van der Waals surface area (Å²) in [6.45, 7) is 6.30. The Kier molecular flexibility index (Phi) is 15.0. The fourth-order valence-corrected chi connectivity index (χ4v) is 19.5. The van der Waals surface area contributed by atoms with Crippen LogP contribution >= 0.6 is 0 Å². The lowest BCUT2D eigenvalue weighted by molar-refractivity contribution is 0.0954. The molecule has 0 saturated carbocycles. The third-order valence-electron chi connectivity index (χ3n) is 24.1. The van der Waals surface area contributed by atoms with E-state index in [1.807, 2.05) is 97.9 Å². The average Bonchev–Trinajstić information content (AvgIpc) is 1.29. The molecule has 9 heterocycles. The molecule has 16 aromatic rings. The number of anilines is 9. The fourth-order valence-electron chi connectivity index (χ4n) is 19.5. The Labute approximate surface area is 663 Å². The van der Waals surface area contributed by atoms with Crippen molar-refractivity contribution in [3.8, 4) is 46.0 Å². The molecule has 15 aromatic carbocycles. The van der Waals surface area contributed by atoms with Gasteiger partial charge in [0.2, 0.25) is 11.6 Å². The van der Waals surface area contributed by atoms with Crippen LogP contribution in [0.4, 0.5) is 51.2 Å². The van der Waals surface area contributed by atoms with Gasteiger partial charge in [0.05, 0.1) is 66.9 Å². The van der Waals surface area contributed by atoms with Crippen LogP contribution in [-0.4, -0.2) is 24.8 Å². The number of fused-ring (bicyclic) bond motifs is 27. The maximum Gasteiger partial charge on any atom is 0.203 e. The Balaban J connectivity index is 0.000000105. The highest BCUT2D eigenvalue weighted by atomic mass is 16.5. The second-order valence-corrected chi connectivity index (χ2v) is 30.3. The Bertz CT molecular complexity index is 6620. The Morgan fingerprint density at radius 1 is 0.261 bits per heavy atom. The molecule has 3 spiro atoms. The molecule has 0 bridgehead atoms. The first kappa shape index (κ1) is 67.2. The van der Waals surface area contributed by atoms with Gasteiger partial charge in [-0.2, -0.15) is 0 Å². The minimum atomic E-state index is -0.576. The van der Waals surface area contributed by atoms with Crippen LogP contribution in [0, 0.1) is 20.8 Å². The van der Waals surface area contributed by atoms with Crippen molar-refractivity contribution in [2.75, 3.05) is 27.9 Å². The number of rotatable bonds is 3. The van der Waals surface area contributed by atoms with Crippen molar-refractivity contribution >= 4 is 73.7 Å². The summed E-state index contributed by atoms with van der Waals surface area (Å²) in [6.07, 6.45) is 0. The summed E-state index contributed by atoms with van der Waals surface area (Å²) < 4.78 is 36.9. The average molecular weight is 1490 g/mol. The van der Waals surface area contributed by atoms with Crippen molar-refractivity contribution in [1.29, 1.82) is 0 Å². The number of Topliss-reactive ketones (excluding diaryl/α,β-unsaturated/α-hetero) is 2. The van der Waals surface area contributed by atoms with Crippen LogP contribution in [0.3, 0.4) is 0 Å². The van der Waals surface area contributed by atoms with E-state index in [0.29, 0.717) is 39.4 Å². The van der Waals surface area contributed by atoms with E-state index in [4.69, 9.17) is 28.1 Å². The molecular weight excluding hydrogens is 1420 g/mol. The van der Waals surface area contributed by atoms with Crippen molar-refractivity contribution in [3.05, 3.63) is 445 Å². The van der Waals surface area contributed by atoms with Crippen molar-refractivity contribution in [2.45, 2.75) is 37.0 Å². The number of carbonyl (C=O) groups excluding carboxylic acids is 2. The summed E-state index contributed by atoms with van der Waals surface area (Å²) in [5.74, 6) is 7.11. The van der Waals surface area contributed by atoms with Crippen molar-refractivity contribution < 1.29 is 37.7 Å². The number of hydrogen-bond acceptors (Lipinski definition) is 12. The van der Waals surface area contributed by atoms with E-state index < -0.39 is 16.2 Å². The van der Waals surface area contributed by atoms with Gasteiger partial charge >= 0.3 is 0 Å². The molecule has 0 N–H and O–H groups in total. The number of benzene rings is 15. The summed E-state index contributed by atoms with van der Waals surface area (Å²) in [7, 11) is 0. The Hall–Kier alpha value is -14.8. The van der Waals surface area contributed by atoms with Gasteiger partial charge in [-0.1, -0.05) is 217 Å². The van der Waals surface area contributed by atoms with Crippen LogP contribution in [0.5, 0.6) is 46.0 Å². The van der Waals surface area contributed by atoms with E-state index in [9.17, 15) is 14.4 Å². The number of carbonyl (C=O) groups is 2. The normalized spacial score (nSPS) is 15.1. The number of para-hydroxylation sites is 10. The fraction of sp³-hybridized carbons (Fsp3) is 0.0777. The second kappa shape index (κ2) is 25.7. The third kappa shape index (κ3) is 9.75. The number of ether oxygens (including phenoxy) is 5. The number of nitrogens with zero attached hydrogens (tertiary/aromatic N) is 3. The smallest absolute Gasteiger partial charge is 0.203 e. The third-order valence-corrected chi connectivity index (χ3v) is 24.1. The number of hydrogen-bond donors (Lipinski definition) is 0. The molecule has 0 unspecified atom stereocenters. The van der Waals surface area contributed by atoms with Gasteiger partial charge in [-0.25, -0.2) is 0 Å². The largest absolute Gasteiger partial charge is 0.485 e. The minimum Gasteiger partial charge on any atom is -0.485 e. The Morgan fingerprint density at radius 3 is 0.896 bits per heavy atom. The van der Waals surface area contributed by atoms with Gasteiger partial charge in [0, 0.05) is 74.7 Å². The molecule has 0 fully saturated rings. The summed E-state index contributed by atoms with van der Waals surface area (Å²) in [4.78, 5) is 44.0. The summed E-state index contributed by atoms with van der Waals surface area (Å²) >= 11 is 0. The van der Waals surface area contributed by atoms with Gasteiger partial charge in [-0.15, -0.1) is 0 Å². The second-order valence-electron chi connectivity index (χ2n) is 30.3. The summed E-state index contributed by atoms with van der Waals surface area (Å²) in [5.41, 5.74) is 25.6. The monoisotopic (exact) mass is 1490 g/mol. The number of ketones is 2. The first-order valence-electron chi connectivity index (χ1n) is 38.7. The zero-order valence-electron chi connectivity index (χ0n) is 62.8. The van der Waals surface area contributed by atoms with Gasteiger partial charge in [-0.05, 0) is 163 Å². The first-order valence-corrected chi connectivity index (χ1v) is 38.7. The SMILES string of the molecule is Cc1cc(=O)c2ccc(N3c4ccccc4C4(c5ccccc5Oc5ccccc54)c4ccccc43)cc2o1.Cc1ccc2c(c1)C1(c3ccccc3Oc3ccccc31)c1cc(C)ccc1N2c1ccc2c(c1)OCC2=O.O=C1COc2cc(N3c4ccccc4C4(c5ccccc5Oc5ccccc54)c4ccccc43)ccc21. The summed E-state index contributed by atoms with van der Waals surface area (Å²) in [5, 5.41) is 0.576. The molecule has 0 aliphatic carbocycles. The Morgan fingerprint density at radius 2 is 0.548 bits per heavy atom. The molecular formula is C103H69N3O9. The maximum atomic E-state index is 12.6. The van der Waals surface area contributed by atoms with E-state index in [1.54, 1.807) is 0 Å². The maximum absolute atomic E-state index is 12.6. The van der Waals surface area contributed by atoms with E-state index in [-0.39, 0.29) is 30.2 Å². The van der Waals surface area contributed by atoms with Crippen LogP contribution in [0.25, 0.3) is 11.0 Å². The standard InChI is InChI=1S/C35H23NO3.C35H25NO3.C33H21NO3/c1-22-20-31(37)24-19-18-23(21-34(24)38-22)36-29-14-6-2-10-25(29)35(26-11-3-7-15-30(26)36)27-12-4-8-16-32(27)39-33-17-9-5-13-28(33)35;1-21-11-15-29-27(17-21)35(25-7-3-5-9-32(25)39-33-10-6-4-8-26(33)35)28-18-22(2)12-16-30(28)36(29)23-13-14-24-31(37)20-38-34(24)19-23;35-29-20-36-32-19-21(17-18-22(29)32)34-27-13-5-1-9-23(27)33(24-10-2-6-14-28(24)34)25-11-3-7-15-30(25)37-31-16-8-4-12-26(31)33/h2-21H,1H3;3-19H,20H2,1-2H3;1-19H,20H2. The molecule has 115 heavy (non-hydrogen) atoms. The molecule has 12 nitrogen and oxygen atoms in total. The van der Waals surface area contributed by atoms with Gasteiger partial charge in [0.15, 0.2) is 18.6 Å². The molecule has 8 aliphatic heterocycles. The minimum absolute atomic E-state index is 0.0235. The molecule has 0 radical (unpaired) electrons. The molecule has 8 aliphatic rings. The topological polar surface area (TPSA) is 120 Å². The predicted octanol–water partition coefficient (Wildman–Crippen LogP) is 24.1. The van der Waals surface area contributed by atoms with E-state index >= 15 is 0 Å². The zero-order chi connectivity index (χ0) is 77.0. The highest BCUT2D eigenvalue weighted by Crippen LogP contribution is 2.67. The van der Waals surface area contributed by atoms with Crippen LogP contribution < -0.4 is 43.8 Å². The molecule has 1 aromatic heterocycles. The summed E-state index contributed by atoms with van der Waals surface area (Å²) in [6, 6.07) is 117. The van der Waals surface area contributed by atoms with Gasteiger partial charge < -0.3 is 42.8 Å². The lowest BCUT2D eigenvalue weighted by atomic mass is 9.61. The lowest BCUT2D eigenvalue weighted by Crippen LogP contribution is -2.39. The van der Waals surface area contributed by atoms with Crippen molar-refractivity contribution in [1.82, 2.24) is 0 Å². The van der Waals surface area contributed by atoms with E-state index in [0.717, 1.165) is 130 Å². The van der Waals surface area contributed by atoms with Crippen molar-refractivity contribution in [3.63, 3.8) is 0 Å². The van der Waals surface area contributed by atoms with E-state index in [1.165, 1.54) is 39.4 Å². The molecule has 24 rings (SSSR count). The van der Waals surface area contributed by atoms with Crippen LogP contribution in [-0.2, 0) is 16.2 Å². The van der Waals surface area contributed by atoms with Crippen LogP contribution in [0.15, 0.2) is 349 Å². The van der Waals surface area contributed by atoms with Gasteiger partial charge in [0.1, 0.15) is 57.3 Å². The molecule has 0 saturated heterocycles. The molecule has 550 valence electrons. The first-order chi connectivity index (χ1) is 56.5. The highest BCUT2D eigenvalue weighted by Gasteiger charge is 2.55. The number of aryl methyl sites for hydroxylation is 3. The van der Waals surface area contributed by atoms with Crippen molar-refractivity contribution in [2.24, 2.45) is 0 Å². The van der Waals surface area contributed by atoms with Crippen LogP contribution in [0.2, 0.25) is 0 Å². The van der Waals surface area contributed by atoms with E-state index in [2.05, 4.69) is 271 Å². The highest BCUT2D eigenvalue weighted by molar-refractivity contribution is 6.05. The molecule has 0 amide bonds. The zero-order valence-corrected chi connectivity index (χ0v) is 62.8. The van der Waals surface area contributed by atoms with Crippen LogP contribution in [0.1, 0.15) is 104 Å². The van der Waals surface area contributed by atoms with Gasteiger partial charge in [-0.3, -0.25) is 14.4 Å². The molecule has 0 atom stereocenters. The predicted molar refractivity (Wildman–Crippen MR) is 449 cm³/mol. The lowest BCUT2D eigenvalue weighted by Gasteiger charge is -2.48. The quantitative estimate of drug-likeness (QED) is 0.167. The molecule has 12 heteroatoms.